The normalized spacial score (nSPS) is 27.3. The van der Waals surface area contributed by atoms with Gasteiger partial charge >= 0.3 is 0 Å². The van der Waals surface area contributed by atoms with Gasteiger partial charge in [-0.1, -0.05) is 13.3 Å². The molecule has 5 heteroatoms. The minimum atomic E-state index is 0.0307. The number of nitrogens with one attached hydrogen (secondary N) is 2. The molecule has 0 radical (unpaired) electrons. The van der Waals surface area contributed by atoms with E-state index < -0.39 is 0 Å². The highest BCUT2D eigenvalue weighted by Gasteiger charge is 2.38. The molecular formula is C16H26N4O. The van der Waals surface area contributed by atoms with Gasteiger partial charge in [-0.15, -0.1) is 0 Å². The SMILES string of the molecule is CCC1(CNC(=O)[C@H]2CNC[C@@H]2c2cnn(C)c2)CCC1. The van der Waals surface area contributed by atoms with Crippen molar-refractivity contribution in [2.75, 3.05) is 19.6 Å². The van der Waals surface area contributed by atoms with E-state index in [0.717, 1.165) is 25.2 Å². The van der Waals surface area contributed by atoms with Crippen LogP contribution in [0.1, 0.15) is 44.1 Å². The lowest BCUT2D eigenvalue weighted by Gasteiger charge is -2.41. The first-order valence-electron chi connectivity index (χ1n) is 8.10. The topological polar surface area (TPSA) is 59.0 Å². The van der Waals surface area contributed by atoms with Crippen molar-refractivity contribution in [2.24, 2.45) is 18.4 Å². The van der Waals surface area contributed by atoms with E-state index in [9.17, 15) is 4.79 Å². The third kappa shape index (κ3) is 2.84. The molecule has 5 nitrogen and oxygen atoms in total. The quantitative estimate of drug-likeness (QED) is 0.862. The second-order valence-electron chi connectivity index (χ2n) is 6.74. The second-order valence-corrected chi connectivity index (χ2v) is 6.74. The lowest BCUT2D eigenvalue weighted by molar-refractivity contribution is -0.125. The second kappa shape index (κ2) is 5.79. The highest BCUT2D eigenvalue weighted by atomic mass is 16.1. The largest absolute Gasteiger partial charge is 0.355 e. The van der Waals surface area contributed by atoms with Crippen LogP contribution in [0.25, 0.3) is 0 Å². The van der Waals surface area contributed by atoms with Crippen LogP contribution in [-0.2, 0) is 11.8 Å². The Balaban J connectivity index is 1.61. The van der Waals surface area contributed by atoms with E-state index in [-0.39, 0.29) is 17.7 Å². The van der Waals surface area contributed by atoms with Gasteiger partial charge in [0.25, 0.3) is 0 Å². The smallest absolute Gasteiger partial charge is 0.225 e. The van der Waals surface area contributed by atoms with Crippen LogP contribution in [0.15, 0.2) is 12.4 Å². The Morgan fingerprint density at radius 1 is 1.52 bits per heavy atom. The molecule has 116 valence electrons. The summed E-state index contributed by atoms with van der Waals surface area (Å²) in [7, 11) is 1.92. The van der Waals surface area contributed by atoms with Crippen molar-refractivity contribution < 1.29 is 4.79 Å². The van der Waals surface area contributed by atoms with Crippen molar-refractivity contribution in [3.05, 3.63) is 18.0 Å². The van der Waals surface area contributed by atoms with E-state index in [1.54, 1.807) is 0 Å². The first kappa shape index (κ1) is 14.6. The fourth-order valence-electron chi connectivity index (χ4n) is 3.67. The molecule has 1 aromatic heterocycles. The first-order valence-corrected chi connectivity index (χ1v) is 8.10. The van der Waals surface area contributed by atoms with Crippen molar-refractivity contribution in [2.45, 2.75) is 38.5 Å². The number of hydrogen-bond donors (Lipinski definition) is 2. The monoisotopic (exact) mass is 290 g/mol. The van der Waals surface area contributed by atoms with Crippen molar-refractivity contribution in [1.29, 1.82) is 0 Å². The summed E-state index contributed by atoms with van der Waals surface area (Å²) in [6, 6.07) is 0. The van der Waals surface area contributed by atoms with Crippen molar-refractivity contribution in [3.8, 4) is 0 Å². The van der Waals surface area contributed by atoms with Gasteiger partial charge in [0, 0.05) is 38.8 Å². The summed E-state index contributed by atoms with van der Waals surface area (Å²) in [5.74, 6) is 0.481. The molecule has 2 aliphatic rings. The Kier molecular flexibility index (Phi) is 4.02. The molecule has 0 unspecified atom stereocenters. The zero-order valence-corrected chi connectivity index (χ0v) is 13.1. The Labute approximate surface area is 126 Å². The highest BCUT2D eigenvalue weighted by molar-refractivity contribution is 5.80. The van der Waals surface area contributed by atoms with Gasteiger partial charge in [0.2, 0.25) is 5.91 Å². The molecule has 1 saturated carbocycles. The lowest BCUT2D eigenvalue weighted by atomic mass is 9.67. The number of carbonyl (C=O) groups excluding carboxylic acids is 1. The van der Waals surface area contributed by atoms with Crippen molar-refractivity contribution >= 4 is 5.91 Å². The van der Waals surface area contributed by atoms with Crippen LogP contribution >= 0.6 is 0 Å². The van der Waals surface area contributed by atoms with Crippen LogP contribution < -0.4 is 10.6 Å². The third-order valence-corrected chi connectivity index (χ3v) is 5.51. The van der Waals surface area contributed by atoms with Crippen molar-refractivity contribution in [3.63, 3.8) is 0 Å². The molecule has 1 aliphatic carbocycles. The summed E-state index contributed by atoms with van der Waals surface area (Å²) >= 11 is 0. The molecule has 0 spiro atoms. The van der Waals surface area contributed by atoms with Crippen molar-refractivity contribution in [1.82, 2.24) is 20.4 Å². The average Bonchev–Trinajstić information content (AvgIpc) is 3.06. The molecule has 0 bridgehead atoms. The van der Waals surface area contributed by atoms with Gasteiger partial charge in [0.1, 0.15) is 0 Å². The van der Waals surface area contributed by atoms with Gasteiger partial charge in [-0.05, 0) is 30.2 Å². The van der Waals surface area contributed by atoms with Crippen LogP contribution in [0.3, 0.4) is 0 Å². The molecule has 1 saturated heterocycles. The zero-order valence-electron chi connectivity index (χ0n) is 13.1. The number of amides is 1. The maximum atomic E-state index is 12.6. The van der Waals surface area contributed by atoms with E-state index in [0.29, 0.717) is 5.41 Å². The van der Waals surface area contributed by atoms with Crippen LogP contribution in [0.2, 0.25) is 0 Å². The minimum Gasteiger partial charge on any atom is -0.355 e. The van der Waals surface area contributed by atoms with E-state index in [1.165, 1.54) is 25.7 Å². The molecule has 1 aromatic rings. The van der Waals surface area contributed by atoms with E-state index in [1.807, 2.05) is 24.1 Å². The predicted octanol–water partition coefficient (Wildman–Crippen LogP) is 1.42. The summed E-state index contributed by atoms with van der Waals surface area (Å²) in [4.78, 5) is 12.6. The molecule has 2 fully saturated rings. The predicted molar refractivity (Wildman–Crippen MR) is 81.9 cm³/mol. The molecule has 1 amide bonds. The van der Waals surface area contributed by atoms with Crippen LogP contribution in [0.4, 0.5) is 0 Å². The fraction of sp³-hybridized carbons (Fsp3) is 0.750. The summed E-state index contributed by atoms with van der Waals surface area (Å²) in [5.41, 5.74) is 1.54. The van der Waals surface area contributed by atoms with Gasteiger partial charge in [-0.3, -0.25) is 9.48 Å². The third-order valence-electron chi connectivity index (χ3n) is 5.51. The summed E-state index contributed by atoms with van der Waals surface area (Å²) in [6.07, 6.45) is 8.92. The number of aryl methyl sites for hydroxylation is 1. The number of nitrogens with zero attached hydrogens (tertiary/aromatic N) is 2. The number of aromatic nitrogens is 2. The summed E-state index contributed by atoms with van der Waals surface area (Å²) < 4.78 is 1.81. The molecule has 1 aliphatic heterocycles. The Hall–Kier alpha value is -1.36. The molecular weight excluding hydrogens is 264 g/mol. The number of carbonyl (C=O) groups is 1. The molecule has 2 atom stereocenters. The van der Waals surface area contributed by atoms with Crippen LogP contribution in [0.5, 0.6) is 0 Å². The zero-order chi connectivity index (χ0) is 14.9. The van der Waals surface area contributed by atoms with Gasteiger partial charge in [-0.25, -0.2) is 0 Å². The van der Waals surface area contributed by atoms with Gasteiger partial charge < -0.3 is 10.6 Å². The van der Waals surface area contributed by atoms with Gasteiger partial charge in [0.15, 0.2) is 0 Å². The molecule has 2 N–H and O–H groups in total. The molecule has 21 heavy (non-hydrogen) atoms. The van der Waals surface area contributed by atoms with E-state index in [4.69, 9.17) is 0 Å². The van der Waals surface area contributed by atoms with Crippen LogP contribution in [0, 0.1) is 11.3 Å². The molecule has 3 rings (SSSR count). The Bertz CT molecular complexity index is 501. The standard InChI is InChI=1S/C16H26N4O/c1-3-16(5-4-6-16)11-18-15(21)14-9-17-8-13(14)12-7-19-20(2)10-12/h7,10,13-14,17H,3-6,8-9,11H2,1-2H3,(H,18,21)/t13-,14+/m1/s1. The maximum Gasteiger partial charge on any atom is 0.225 e. The average molecular weight is 290 g/mol. The summed E-state index contributed by atoms with van der Waals surface area (Å²) in [5, 5.41) is 10.8. The minimum absolute atomic E-state index is 0.0307. The van der Waals surface area contributed by atoms with Gasteiger partial charge in [0.05, 0.1) is 12.1 Å². The number of hydrogen-bond acceptors (Lipinski definition) is 3. The number of rotatable bonds is 5. The fourth-order valence-corrected chi connectivity index (χ4v) is 3.67. The van der Waals surface area contributed by atoms with E-state index >= 15 is 0 Å². The Morgan fingerprint density at radius 3 is 2.90 bits per heavy atom. The lowest BCUT2D eigenvalue weighted by Crippen LogP contribution is -2.44. The molecule has 2 heterocycles. The molecule has 0 aromatic carbocycles. The van der Waals surface area contributed by atoms with Crippen LogP contribution in [-0.4, -0.2) is 35.3 Å². The van der Waals surface area contributed by atoms with E-state index in [2.05, 4.69) is 22.7 Å². The first-order chi connectivity index (χ1) is 10.1. The highest BCUT2D eigenvalue weighted by Crippen LogP contribution is 2.43. The Morgan fingerprint density at radius 2 is 2.33 bits per heavy atom. The van der Waals surface area contributed by atoms with Gasteiger partial charge in [-0.2, -0.15) is 5.10 Å². The maximum absolute atomic E-state index is 12.6. The summed E-state index contributed by atoms with van der Waals surface area (Å²) in [6.45, 7) is 4.71.